The first-order valence-corrected chi connectivity index (χ1v) is 6.94. The molecule has 2 aromatic carbocycles. The molecular formula is C18H14FNO2. The topological polar surface area (TPSA) is 39.1 Å². The molecule has 1 aromatic heterocycles. The Hall–Kier alpha value is -2.75. The summed E-state index contributed by atoms with van der Waals surface area (Å²) >= 11 is 0. The molecule has 4 heteroatoms. The quantitative estimate of drug-likeness (QED) is 0.695. The number of hydrogen-bond acceptors (Lipinski definition) is 2. The Balaban J connectivity index is 2.06. The van der Waals surface area contributed by atoms with Gasteiger partial charge in [-0.05, 0) is 42.8 Å². The Morgan fingerprint density at radius 1 is 1.09 bits per heavy atom. The van der Waals surface area contributed by atoms with Gasteiger partial charge in [0.05, 0.1) is 12.1 Å². The van der Waals surface area contributed by atoms with E-state index in [1.807, 2.05) is 31.2 Å². The molecule has 3 rings (SSSR count). The minimum atomic E-state index is -0.394. The van der Waals surface area contributed by atoms with Crippen molar-refractivity contribution >= 4 is 16.7 Å². The number of para-hydroxylation sites is 1. The zero-order valence-corrected chi connectivity index (χ0v) is 12.0. The fourth-order valence-electron chi connectivity index (χ4n) is 2.54. The van der Waals surface area contributed by atoms with Crippen molar-refractivity contribution < 1.29 is 9.18 Å². The monoisotopic (exact) mass is 295 g/mol. The predicted molar refractivity (Wildman–Crippen MR) is 83.7 cm³/mol. The molecule has 22 heavy (non-hydrogen) atoms. The summed E-state index contributed by atoms with van der Waals surface area (Å²) in [6, 6.07) is 14.3. The van der Waals surface area contributed by atoms with Gasteiger partial charge in [-0.1, -0.05) is 18.2 Å². The lowest BCUT2D eigenvalue weighted by Crippen LogP contribution is -2.24. The highest BCUT2D eigenvalue weighted by atomic mass is 19.1. The van der Waals surface area contributed by atoms with E-state index >= 15 is 0 Å². The fraction of sp³-hybridized carbons (Fsp3) is 0.111. The van der Waals surface area contributed by atoms with Crippen LogP contribution < -0.4 is 5.56 Å². The molecule has 0 aliphatic heterocycles. The van der Waals surface area contributed by atoms with E-state index in [-0.39, 0.29) is 17.9 Å². The summed E-state index contributed by atoms with van der Waals surface area (Å²) in [5.74, 6) is -0.620. The van der Waals surface area contributed by atoms with E-state index in [9.17, 15) is 14.0 Å². The van der Waals surface area contributed by atoms with Crippen LogP contribution in [-0.2, 0) is 6.54 Å². The number of nitrogens with zero attached hydrogens (tertiary/aromatic N) is 1. The van der Waals surface area contributed by atoms with Crippen LogP contribution in [-0.4, -0.2) is 10.4 Å². The molecule has 110 valence electrons. The number of Topliss-reactive ketones (excluding diaryl/α,β-unsaturated/α-hetero) is 1. The van der Waals surface area contributed by atoms with Crippen LogP contribution in [0.1, 0.15) is 15.9 Å². The van der Waals surface area contributed by atoms with Crippen LogP contribution in [0.3, 0.4) is 0 Å². The van der Waals surface area contributed by atoms with Gasteiger partial charge in [0.1, 0.15) is 5.82 Å². The van der Waals surface area contributed by atoms with Crippen molar-refractivity contribution in [3.05, 3.63) is 81.9 Å². The lowest BCUT2D eigenvalue weighted by atomic mass is 10.1. The van der Waals surface area contributed by atoms with Gasteiger partial charge in [-0.2, -0.15) is 0 Å². The van der Waals surface area contributed by atoms with Crippen molar-refractivity contribution in [3.8, 4) is 0 Å². The summed E-state index contributed by atoms with van der Waals surface area (Å²) in [4.78, 5) is 24.5. The van der Waals surface area contributed by atoms with E-state index in [1.54, 1.807) is 0 Å². The van der Waals surface area contributed by atoms with E-state index in [4.69, 9.17) is 0 Å². The van der Waals surface area contributed by atoms with Crippen molar-refractivity contribution in [2.24, 2.45) is 0 Å². The van der Waals surface area contributed by atoms with Gasteiger partial charge in [0.25, 0.3) is 5.56 Å². The number of carbonyl (C=O) groups is 1. The second-order valence-corrected chi connectivity index (χ2v) is 5.20. The SMILES string of the molecule is Cc1cc(=O)n(CC(=O)c2ccc(F)cc2)c2ccccc12. The summed E-state index contributed by atoms with van der Waals surface area (Å²) < 4.78 is 14.4. The number of aryl methyl sites for hydroxylation is 1. The van der Waals surface area contributed by atoms with Crippen LogP contribution in [0.2, 0.25) is 0 Å². The molecule has 3 aromatic rings. The minimum Gasteiger partial charge on any atom is -0.300 e. The van der Waals surface area contributed by atoms with Gasteiger partial charge >= 0.3 is 0 Å². The average molecular weight is 295 g/mol. The highest BCUT2D eigenvalue weighted by Crippen LogP contribution is 2.16. The number of benzene rings is 2. The summed E-state index contributed by atoms with van der Waals surface area (Å²) in [7, 11) is 0. The molecule has 0 aliphatic carbocycles. The highest BCUT2D eigenvalue weighted by molar-refractivity contribution is 5.96. The average Bonchev–Trinajstić information content (AvgIpc) is 2.52. The molecule has 0 N–H and O–H groups in total. The zero-order chi connectivity index (χ0) is 15.7. The Morgan fingerprint density at radius 3 is 2.50 bits per heavy atom. The number of fused-ring (bicyclic) bond motifs is 1. The van der Waals surface area contributed by atoms with Gasteiger partial charge in [0.2, 0.25) is 0 Å². The molecule has 0 saturated heterocycles. The third kappa shape index (κ3) is 2.55. The summed E-state index contributed by atoms with van der Waals surface area (Å²) in [5.41, 5.74) is 1.78. The van der Waals surface area contributed by atoms with E-state index in [1.165, 1.54) is 34.9 Å². The Labute approximate surface area is 126 Å². The van der Waals surface area contributed by atoms with E-state index in [2.05, 4.69) is 0 Å². The molecule has 0 radical (unpaired) electrons. The number of rotatable bonds is 3. The molecule has 0 unspecified atom stereocenters. The molecular weight excluding hydrogens is 281 g/mol. The summed E-state index contributed by atoms with van der Waals surface area (Å²) in [6.07, 6.45) is 0. The minimum absolute atomic E-state index is 0.0642. The third-order valence-corrected chi connectivity index (χ3v) is 3.69. The number of ketones is 1. The van der Waals surface area contributed by atoms with Gasteiger partial charge in [-0.3, -0.25) is 9.59 Å². The maximum Gasteiger partial charge on any atom is 0.251 e. The normalized spacial score (nSPS) is 10.8. The number of carbonyl (C=O) groups excluding carboxylic acids is 1. The first-order valence-electron chi connectivity index (χ1n) is 6.94. The first-order chi connectivity index (χ1) is 10.6. The lowest BCUT2D eigenvalue weighted by molar-refractivity contribution is 0.0972. The van der Waals surface area contributed by atoms with E-state index in [0.717, 1.165) is 16.5 Å². The standard InChI is InChI=1S/C18H14FNO2/c1-12-10-18(22)20(16-5-3-2-4-15(12)16)11-17(21)13-6-8-14(19)9-7-13/h2-10H,11H2,1H3. The largest absolute Gasteiger partial charge is 0.300 e. The lowest BCUT2D eigenvalue weighted by Gasteiger charge is -2.11. The first kappa shape index (κ1) is 14.2. The smallest absolute Gasteiger partial charge is 0.251 e. The molecule has 0 atom stereocenters. The maximum atomic E-state index is 12.9. The van der Waals surface area contributed by atoms with Crippen molar-refractivity contribution in [2.75, 3.05) is 0 Å². The summed E-state index contributed by atoms with van der Waals surface area (Å²) in [6.45, 7) is 1.81. The molecule has 3 nitrogen and oxygen atoms in total. The van der Waals surface area contributed by atoms with Gasteiger partial charge in [0, 0.05) is 17.0 Å². The van der Waals surface area contributed by atoms with Crippen LogP contribution in [0.4, 0.5) is 4.39 Å². The Kier molecular flexibility index (Phi) is 3.59. The number of pyridine rings is 1. The van der Waals surface area contributed by atoms with Gasteiger partial charge in [-0.15, -0.1) is 0 Å². The number of hydrogen-bond donors (Lipinski definition) is 0. The molecule has 1 heterocycles. The van der Waals surface area contributed by atoms with Crippen LogP contribution in [0.25, 0.3) is 10.9 Å². The van der Waals surface area contributed by atoms with Crippen LogP contribution in [0.15, 0.2) is 59.4 Å². The van der Waals surface area contributed by atoms with Crippen molar-refractivity contribution in [1.29, 1.82) is 0 Å². The van der Waals surface area contributed by atoms with Crippen LogP contribution >= 0.6 is 0 Å². The van der Waals surface area contributed by atoms with E-state index in [0.29, 0.717) is 5.56 Å². The molecule has 0 fully saturated rings. The third-order valence-electron chi connectivity index (χ3n) is 3.69. The van der Waals surface area contributed by atoms with Crippen molar-refractivity contribution in [1.82, 2.24) is 4.57 Å². The van der Waals surface area contributed by atoms with Gasteiger partial charge < -0.3 is 4.57 Å². The van der Waals surface area contributed by atoms with Crippen LogP contribution in [0, 0.1) is 12.7 Å². The maximum absolute atomic E-state index is 12.9. The second kappa shape index (κ2) is 5.56. The molecule has 0 saturated carbocycles. The molecule has 0 aliphatic rings. The van der Waals surface area contributed by atoms with Crippen molar-refractivity contribution in [2.45, 2.75) is 13.5 Å². The number of halogens is 1. The Morgan fingerprint density at radius 2 is 1.77 bits per heavy atom. The zero-order valence-electron chi connectivity index (χ0n) is 12.0. The number of aromatic nitrogens is 1. The predicted octanol–water partition coefficient (Wildman–Crippen LogP) is 3.33. The van der Waals surface area contributed by atoms with Crippen LogP contribution in [0.5, 0.6) is 0 Å². The molecule has 0 amide bonds. The van der Waals surface area contributed by atoms with Crippen molar-refractivity contribution in [3.63, 3.8) is 0 Å². The molecule has 0 bridgehead atoms. The Bertz CT molecular complexity index is 911. The van der Waals surface area contributed by atoms with E-state index < -0.39 is 5.82 Å². The van der Waals surface area contributed by atoms with Gasteiger partial charge in [-0.25, -0.2) is 4.39 Å². The second-order valence-electron chi connectivity index (χ2n) is 5.20. The highest BCUT2D eigenvalue weighted by Gasteiger charge is 2.11. The van der Waals surface area contributed by atoms with Gasteiger partial charge in [0.15, 0.2) is 5.78 Å². The fourth-order valence-corrected chi connectivity index (χ4v) is 2.54. The molecule has 0 spiro atoms. The summed E-state index contributed by atoms with van der Waals surface area (Å²) in [5, 5.41) is 0.939.